The summed E-state index contributed by atoms with van der Waals surface area (Å²) in [4.78, 5) is 4.69. The third-order valence-electron chi connectivity index (χ3n) is 3.64. The maximum absolute atomic E-state index is 5.36. The van der Waals surface area contributed by atoms with Crippen LogP contribution in [0.2, 0.25) is 0 Å². The number of nitrogens with zero attached hydrogens (tertiary/aromatic N) is 1. The van der Waals surface area contributed by atoms with Crippen molar-refractivity contribution in [3.05, 3.63) is 36.0 Å². The van der Waals surface area contributed by atoms with E-state index in [4.69, 9.17) is 4.74 Å². The van der Waals surface area contributed by atoms with Crippen molar-refractivity contribution in [2.75, 3.05) is 7.11 Å². The molecule has 0 atom stereocenters. The fraction of sp³-hybridized carbons (Fsp3) is 0.400. The summed E-state index contributed by atoms with van der Waals surface area (Å²) >= 11 is 0. The molecule has 0 spiro atoms. The van der Waals surface area contributed by atoms with Crippen molar-refractivity contribution in [3.8, 4) is 5.75 Å². The molecule has 1 aliphatic carbocycles. The molecule has 1 heterocycles. The molecule has 0 unspecified atom stereocenters. The van der Waals surface area contributed by atoms with Crippen molar-refractivity contribution in [2.24, 2.45) is 0 Å². The third kappa shape index (κ3) is 2.18. The molecular weight excluding hydrogens is 224 g/mol. The van der Waals surface area contributed by atoms with Gasteiger partial charge in [-0.3, -0.25) is 0 Å². The van der Waals surface area contributed by atoms with Crippen molar-refractivity contribution >= 4 is 10.9 Å². The van der Waals surface area contributed by atoms with Gasteiger partial charge in [0.05, 0.1) is 12.8 Å². The molecule has 3 heteroatoms. The molecule has 94 valence electrons. The molecule has 0 radical (unpaired) electrons. The molecule has 1 saturated carbocycles. The summed E-state index contributed by atoms with van der Waals surface area (Å²) in [6, 6.07) is 10.9. The van der Waals surface area contributed by atoms with Gasteiger partial charge in [-0.05, 0) is 25.0 Å². The van der Waals surface area contributed by atoms with Crippen LogP contribution in [0.25, 0.3) is 10.9 Å². The van der Waals surface area contributed by atoms with Gasteiger partial charge in [-0.15, -0.1) is 0 Å². The van der Waals surface area contributed by atoms with Gasteiger partial charge in [0.2, 0.25) is 0 Å². The number of nitrogens with one attached hydrogen (secondary N) is 1. The molecule has 1 N–H and O–H groups in total. The molecule has 0 aliphatic heterocycles. The number of rotatable bonds is 4. The number of hydrogen-bond donors (Lipinski definition) is 1. The summed E-state index contributed by atoms with van der Waals surface area (Å²) in [6.07, 6.45) is 3.96. The highest BCUT2D eigenvalue weighted by molar-refractivity contribution is 5.84. The Morgan fingerprint density at radius 3 is 2.89 bits per heavy atom. The van der Waals surface area contributed by atoms with Gasteiger partial charge in [0.1, 0.15) is 11.3 Å². The molecule has 1 fully saturated rings. The minimum atomic E-state index is 0.695. The molecular formula is C15H18N2O. The Bertz CT molecular complexity index is 549. The number of pyridine rings is 1. The predicted molar refractivity (Wildman–Crippen MR) is 72.8 cm³/mol. The molecule has 2 aromatic rings. The zero-order valence-corrected chi connectivity index (χ0v) is 10.6. The quantitative estimate of drug-likeness (QED) is 0.895. The van der Waals surface area contributed by atoms with Crippen LogP contribution >= 0.6 is 0 Å². The van der Waals surface area contributed by atoms with Crippen molar-refractivity contribution in [3.63, 3.8) is 0 Å². The van der Waals surface area contributed by atoms with Crippen molar-refractivity contribution in [2.45, 2.75) is 31.8 Å². The lowest BCUT2D eigenvalue weighted by Gasteiger charge is -2.26. The highest BCUT2D eigenvalue weighted by Gasteiger charge is 2.16. The van der Waals surface area contributed by atoms with Gasteiger partial charge in [-0.25, -0.2) is 4.98 Å². The summed E-state index contributed by atoms with van der Waals surface area (Å²) in [7, 11) is 1.69. The second kappa shape index (κ2) is 4.94. The summed E-state index contributed by atoms with van der Waals surface area (Å²) < 4.78 is 5.36. The van der Waals surface area contributed by atoms with Crippen LogP contribution in [-0.2, 0) is 6.54 Å². The second-order valence-electron chi connectivity index (χ2n) is 4.84. The topological polar surface area (TPSA) is 34.1 Å². The van der Waals surface area contributed by atoms with Gasteiger partial charge < -0.3 is 10.1 Å². The molecule has 1 aromatic heterocycles. The van der Waals surface area contributed by atoms with Crippen molar-refractivity contribution in [1.82, 2.24) is 10.3 Å². The van der Waals surface area contributed by atoms with Crippen LogP contribution in [0.15, 0.2) is 30.3 Å². The minimum absolute atomic E-state index is 0.695. The normalized spacial score (nSPS) is 15.6. The van der Waals surface area contributed by atoms with E-state index in [9.17, 15) is 0 Å². The van der Waals surface area contributed by atoms with Gasteiger partial charge in [0.25, 0.3) is 0 Å². The third-order valence-corrected chi connectivity index (χ3v) is 3.64. The van der Waals surface area contributed by atoms with Crippen LogP contribution in [0.4, 0.5) is 0 Å². The average molecular weight is 242 g/mol. The summed E-state index contributed by atoms with van der Waals surface area (Å²) in [5, 5.41) is 4.66. The molecule has 3 nitrogen and oxygen atoms in total. The second-order valence-corrected chi connectivity index (χ2v) is 4.84. The molecule has 1 aliphatic rings. The smallest absolute Gasteiger partial charge is 0.145 e. The van der Waals surface area contributed by atoms with E-state index in [2.05, 4.69) is 28.5 Å². The molecule has 18 heavy (non-hydrogen) atoms. The first-order valence-electron chi connectivity index (χ1n) is 6.53. The number of benzene rings is 1. The van der Waals surface area contributed by atoms with Gasteiger partial charge in [0.15, 0.2) is 0 Å². The Labute approximate surface area is 107 Å². The monoisotopic (exact) mass is 242 g/mol. The number of hydrogen-bond acceptors (Lipinski definition) is 3. The highest BCUT2D eigenvalue weighted by atomic mass is 16.5. The van der Waals surface area contributed by atoms with Crippen LogP contribution in [0.3, 0.4) is 0 Å². The number of fused-ring (bicyclic) bond motifs is 1. The maximum atomic E-state index is 5.36. The van der Waals surface area contributed by atoms with Crippen LogP contribution in [-0.4, -0.2) is 18.1 Å². The van der Waals surface area contributed by atoms with E-state index in [1.54, 1.807) is 7.11 Å². The number of aromatic nitrogens is 1. The zero-order valence-electron chi connectivity index (χ0n) is 10.6. The van der Waals surface area contributed by atoms with E-state index in [1.165, 1.54) is 19.3 Å². The van der Waals surface area contributed by atoms with E-state index in [0.29, 0.717) is 6.04 Å². The van der Waals surface area contributed by atoms with Gasteiger partial charge in [-0.1, -0.05) is 24.6 Å². The molecule has 0 bridgehead atoms. The zero-order chi connectivity index (χ0) is 12.4. The van der Waals surface area contributed by atoms with E-state index in [1.807, 2.05) is 12.1 Å². The first-order valence-corrected chi connectivity index (χ1v) is 6.53. The van der Waals surface area contributed by atoms with Crippen LogP contribution in [0.5, 0.6) is 5.75 Å². The molecule has 0 saturated heterocycles. The number of ether oxygens (including phenoxy) is 1. The summed E-state index contributed by atoms with van der Waals surface area (Å²) in [5.74, 6) is 0.845. The molecule has 3 rings (SSSR count). The van der Waals surface area contributed by atoms with Gasteiger partial charge in [-0.2, -0.15) is 0 Å². The van der Waals surface area contributed by atoms with E-state index in [-0.39, 0.29) is 0 Å². The van der Waals surface area contributed by atoms with Crippen LogP contribution < -0.4 is 10.1 Å². The van der Waals surface area contributed by atoms with Crippen molar-refractivity contribution in [1.29, 1.82) is 0 Å². The Hall–Kier alpha value is -1.61. The minimum Gasteiger partial charge on any atom is -0.494 e. The molecule has 1 aromatic carbocycles. The lowest BCUT2D eigenvalue weighted by Crippen LogP contribution is -2.34. The summed E-state index contributed by atoms with van der Waals surface area (Å²) in [5.41, 5.74) is 2.03. The average Bonchev–Trinajstić information content (AvgIpc) is 2.36. The fourth-order valence-electron chi connectivity index (χ4n) is 2.28. The maximum Gasteiger partial charge on any atom is 0.145 e. The Kier molecular flexibility index (Phi) is 3.15. The van der Waals surface area contributed by atoms with E-state index < -0.39 is 0 Å². The first-order chi connectivity index (χ1) is 8.86. The largest absolute Gasteiger partial charge is 0.494 e. The number of methoxy groups -OCH3 is 1. The standard InChI is InChI=1S/C15H18N2O/c1-18-14-7-2-4-11-8-9-13(17-15(11)14)10-16-12-5-3-6-12/h2,4,7-9,12,16H,3,5-6,10H2,1H3. The fourth-order valence-corrected chi connectivity index (χ4v) is 2.28. The van der Waals surface area contributed by atoms with Crippen LogP contribution in [0, 0.1) is 0 Å². The van der Waals surface area contributed by atoms with Crippen molar-refractivity contribution < 1.29 is 4.74 Å². The van der Waals surface area contributed by atoms with Gasteiger partial charge >= 0.3 is 0 Å². The van der Waals surface area contributed by atoms with E-state index >= 15 is 0 Å². The predicted octanol–water partition coefficient (Wildman–Crippen LogP) is 2.89. The first kappa shape index (κ1) is 11.5. The van der Waals surface area contributed by atoms with Gasteiger partial charge in [0, 0.05) is 18.0 Å². The Morgan fingerprint density at radius 1 is 1.28 bits per heavy atom. The molecule has 0 amide bonds. The van der Waals surface area contributed by atoms with Crippen LogP contribution in [0.1, 0.15) is 25.0 Å². The Morgan fingerprint density at radius 2 is 2.17 bits per heavy atom. The van der Waals surface area contributed by atoms with E-state index in [0.717, 1.165) is 28.9 Å². The SMILES string of the molecule is COc1cccc2ccc(CNC3CCC3)nc12. The lowest BCUT2D eigenvalue weighted by atomic mass is 9.93. The Balaban J connectivity index is 1.84. The summed E-state index contributed by atoms with van der Waals surface area (Å²) in [6.45, 7) is 0.846. The highest BCUT2D eigenvalue weighted by Crippen LogP contribution is 2.24. The lowest BCUT2D eigenvalue weighted by molar-refractivity contribution is 0.337. The number of para-hydroxylation sites is 1.